The third-order valence-electron chi connectivity index (χ3n) is 5.78. The van der Waals surface area contributed by atoms with E-state index in [0.717, 1.165) is 11.3 Å². The first-order chi connectivity index (χ1) is 14.5. The topological polar surface area (TPSA) is 110 Å². The molecule has 31 heavy (non-hydrogen) atoms. The van der Waals surface area contributed by atoms with E-state index in [4.69, 9.17) is 0 Å². The van der Waals surface area contributed by atoms with E-state index in [2.05, 4.69) is 5.32 Å². The average molecular weight is 422 g/mol. The fourth-order valence-electron chi connectivity index (χ4n) is 4.49. The van der Waals surface area contributed by atoms with Crippen molar-refractivity contribution in [2.45, 2.75) is 45.6 Å². The van der Waals surface area contributed by atoms with Crippen LogP contribution in [0.3, 0.4) is 0 Å². The number of nitrogens with one attached hydrogen (secondary N) is 1. The summed E-state index contributed by atoms with van der Waals surface area (Å²) >= 11 is 0. The standard InChI is InChI=1S/C24H26N2O5/c1-14-8-10-18(11-9-14)25-20-13-24(4,29)23(16(3)28)22(21(20)15(2)27)17-6-5-7-19(12-17)26(30)31/h5-12,22-23,25,29H,13H2,1-4H3/t22-,23+,24+/m1/s1. The number of benzene rings is 2. The summed E-state index contributed by atoms with van der Waals surface area (Å²) in [6, 6.07) is 13.5. The lowest BCUT2D eigenvalue weighted by Gasteiger charge is -2.43. The number of rotatable bonds is 6. The van der Waals surface area contributed by atoms with Crippen molar-refractivity contribution in [2.75, 3.05) is 5.32 Å². The number of carbonyl (C=O) groups excluding carboxylic acids is 2. The predicted molar refractivity (Wildman–Crippen MR) is 118 cm³/mol. The Balaban J connectivity index is 2.23. The van der Waals surface area contributed by atoms with E-state index >= 15 is 0 Å². The normalized spacial score (nSPS) is 23.4. The highest BCUT2D eigenvalue weighted by Crippen LogP contribution is 2.48. The van der Waals surface area contributed by atoms with Crippen LogP contribution in [0.1, 0.15) is 44.2 Å². The Hall–Kier alpha value is -3.32. The Labute approximate surface area is 180 Å². The molecule has 0 saturated heterocycles. The third-order valence-corrected chi connectivity index (χ3v) is 5.78. The summed E-state index contributed by atoms with van der Waals surface area (Å²) in [5.74, 6) is -2.27. The molecule has 2 aromatic carbocycles. The number of aryl methyl sites for hydroxylation is 1. The molecule has 0 aliphatic heterocycles. The van der Waals surface area contributed by atoms with Crippen LogP contribution in [0.15, 0.2) is 59.8 Å². The zero-order valence-electron chi connectivity index (χ0n) is 18.0. The molecule has 3 atom stereocenters. The van der Waals surface area contributed by atoms with Gasteiger partial charge in [0.15, 0.2) is 5.78 Å². The van der Waals surface area contributed by atoms with E-state index in [1.54, 1.807) is 13.0 Å². The van der Waals surface area contributed by atoms with Gasteiger partial charge in [-0.3, -0.25) is 19.7 Å². The number of hydrogen-bond donors (Lipinski definition) is 2. The largest absolute Gasteiger partial charge is 0.389 e. The smallest absolute Gasteiger partial charge is 0.269 e. The number of ketones is 2. The fourth-order valence-corrected chi connectivity index (χ4v) is 4.49. The average Bonchev–Trinajstić information content (AvgIpc) is 2.68. The Kier molecular flexibility index (Phi) is 6.08. The summed E-state index contributed by atoms with van der Waals surface area (Å²) in [5, 5.41) is 25.8. The van der Waals surface area contributed by atoms with E-state index in [-0.39, 0.29) is 23.7 Å². The van der Waals surface area contributed by atoms with Gasteiger partial charge in [0, 0.05) is 41.4 Å². The molecule has 0 amide bonds. The Morgan fingerprint density at radius 3 is 2.35 bits per heavy atom. The quantitative estimate of drug-likeness (QED) is 0.530. The minimum Gasteiger partial charge on any atom is -0.389 e. The Morgan fingerprint density at radius 1 is 1.16 bits per heavy atom. The van der Waals surface area contributed by atoms with Crippen LogP contribution in [0.4, 0.5) is 11.4 Å². The predicted octanol–water partition coefficient (Wildman–Crippen LogP) is 4.30. The van der Waals surface area contributed by atoms with Gasteiger partial charge in [0.25, 0.3) is 5.69 Å². The molecular weight excluding hydrogens is 396 g/mol. The van der Waals surface area contributed by atoms with Gasteiger partial charge in [-0.25, -0.2) is 0 Å². The number of hydrogen-bond acceptors (Lipinski definition) is 6. The van der Waals surface area contributed by atoms with Gasteiger partial charge in [0.05, 0.1) is 16.4 Å². The van der Waals surface area contributed by atoms with Crippen molar-refractivity contribution in [3.05, 3.63) is 81.0 Å². The molecule has 0 spiro atoms. The summed E-state index contributed by atoms with van der Waals surface area (Å²) < 4.78 is 0. The third kappa shape index (κ3) is 4.56. The van der Waals surface area contributed by atoms with Crippen LogP contribution in [0.25, 0.3) is 0 Å². The first-order valence-electron chi connectivity index (χ1n) is 10.1. The molecule has 7 nitrogen and oxygen atoms in total. The lowest BCUT2D eigenvalue weighted by atomic mass is 9.64. The second-order valence-corrected chi connectivity index (χ2v) is 8.39. The lowest BCUT2D eigenvalue weighted by molar-refractivity contribution is -0.384. The van der Waals surface area contributed by atoms with Crippen molar-refractivity contribution < 1.29 is 19.6 Å². The van der Waals surface area contributed by atoms with Gasteiger partial charge in [0.2, 0.25) is 0 Å². The molecule has 1 aliphatic rings. The SMILES string of the molecule is CC(=O)C1=C(Nc2ccc(C)cc2)C[C@](C)(O)[C@@H](C(C)=O)[C@@H]1c1cccc([N+](=O)[O-])c1. The van der Waals surface area contributed by atoms with E-state index < -0.39 is 22.4 Å². The van der Waals surface area contributed by atoms with Crippen LogP contribution < -0.4 is 5.32 Å². The highest BCUT2D eigenvalue weighted by molar-refractivity contribution is 5.98. The molecule has 2 N–H and O–H groups in total. The summed E-state index contributed by atoms with van der Waals surface area (Å²) in [7, 11) is 0. The van der Waals surface area contributed by atoms with Crippen molar-refractivity contribution in [3.8, 4) is 0 Å². The second kappa shape index (κ2) is 8.43. The zero-order valence-corrected chi connectivity index (χ0v) is 18.0. The maximum Gasteiger partial charge on any atom is 0.269 e. The number of non-ortho nitro benzene ring substituents is 1. The van der Waals surface area contributed by atoms with Crippen LogP contribution >= 0.6 is 0 Å². The van der Waals surface area contributed by atoms with Gasteiger partial charge in [-0.1, -0.05) is 29.8 Å². The monoisotopic (exact) mass is 422 g/mol. The van der Waals surface area contributed by atoms with Gasteiger partial charge in [-0.05, 0) is 45.4 Å². The van der Waals surface area contributed by atoms with Crippen LogP contribution in [0.5, 0.6) is 0 Å². The summed E-state index contributed by atoms with van der Waals surface area (Å²) in [6.45, 7) is 6.32. The second-order valence-electron chi connectivity index (χ2n) is 8.39. The number of nitro groups is 1. The highest BCUT2D eigenvalue weighted by Gasteiger charge is 2.49. The number of carbonyl (C=O) groups is 2. The minimum absolute atomic E-state index is 0.0749. The van der Waals surface area contributed by atoms with Crippen molar-refractivity contribution in [3.63, 3.8) is 0 Å². The first kappa shape index (κ1) is 22.4. The number of allylic oxidation sites excluding steroid dienone is 1. The number of nitrogens with zero attached hydrogens (tertiary/aromatic N) is 1. The molecule has 0 unspecified atom stereocenters. The fraction of sp³-hybridized carbons (Fsp3) is 0.333. The number of aliphatic hydroxyl groups is 1. The Bertz CT molecular complexity index is 1070. The van der Waals surface area contributed by atoms with Crippen LogP contribution in [-0.2, 0) is 9.59 Å². The molecule has 1 aliphatic carbocycles. The lowest BCUT2D eigenvalue weighted by Crippen LogP contribution is -2.48. The highest BCUT2D eigenvalue weighted by atomic mass is 16.6. The maximum atomic E-state index is 12.8. The van der Waals surface area contributed by atoms with Gasteiger partial charge in [0.1, 0.15) is 5.78 Å². The zero-order chi connectivity index (χ0) is 22.9. The van der Waals surface area contributed by atoms with E-state index in [9.17, 15) is 24.8 Å². The summed E-state index contributed by atoms with van der Waals surface area (Å²) in [4.78, 5) is 36.3. The molecule has 2 aromatic rings. The molecule has 0 heterocycles. The van der Waals surface area contributed by atoms with Crippen LogP contribution in [-0.4, -0.2) is 27.2 Å². The maximum absolute atomic E-state index is 12.8. The minimum atomic E-state index is -1.45. The number of Topliss-reactive ketones (excluding diaryl/α,β-unsaturated/α-hetero) is 2. The van der Waals surface area contributed by atoms with E-state index in [0.29, 0.717) is 16.8 Å². The van der Waals surface area contributed by atoms with Crippen molar-refractivity contribution >= 4 is 22.9 Å². The summed E-state index contributed by atoms with van der Waals surface area (Å²) in [5.41, 5.74) is 1.54. The molecule has 0 radical (unpaired) electrons. The number of anilines is 1. The van der Waals surface area contributed by atoms with Crippen LogP contribution in [0.2, 0.25) is 0 Å². The Morgan fingerprint density at radius 2 is 1.81 bits per heavy atom. The van der Waals surface area contributed by atoms with Gasteiger partial charge in [-0.15, -0.1) is 0 Å². The molecule has 162 valence electrons. The molecule has 0 aromatic heterocycles. The number of nitro benzene ring substituents is 1. The van der Waals surface area contributed by atoms with Crippen molar-refractivity contribution in [1.29, 1.82) is 0 Å². The van der Waals surface area contributed by atoms with Crippen LogP contribution in [0, 0.1) is 23.0 Å². The molecule has 3 rings (SSSR count). The molecular formula is C24H26N2O5. The molecule has 0 bridgehead atoms. The van der Waals surface area contributed by atoms with Crippen molar-refractivity contribution in [2.24, 2.45) is 5.92 Å². The van der Waals surface area contributed by atoms with Gasteiger partial charge >= 0.3 is 0 Å². The summed E-state index contributed by atoms with van der Waals surface area (Å²) in [6.07, 6.45) is 0.0749. The molecule has 0 saturated carbocycles. The van der Waals surface area contributed by atoms with E-state index in [1.807, 2.05) is 31.2 Å². The van der Waals surface area contributed by atoms with Gasteiger partial charge < -0.3 is 10.4 Å². The first-order valence-corrected chi connectivity index (χ1v) is 10.1. The van der Waals surface area contributed by atoms with E-state index in [1.165, 1.54) is 32.0 Å². The molecule has 7 heteroatoms. The van der Waals surface area contributed by atoms with Gasteiger partial charge in [-0.2, -0.15) is 0 Å². The van der Waals surface area contributed by atoms with Crippen molar-refractivity contribution in [1.82, 2.24) is 0 Å². The molecule has 0 fully saturated rings.